The van der Waals surface area contributed by atoms with Gasteiger partial charge in [-0.15, -0.1) is 6.42 Å². The molecular weight excluding hydrogens is 403 g/mol. The fourth-order valence-corrected chi connectivity index (χ4v) is 2.98. The maximum Gasteiger partial charge on any atom is 0.335 e. The SMILES string of the molecule is C#CCOc1ccc(/C=C2\C(=O)NC(=O)N(c3ccccc3Cl)C2=O)cc1Cl. The number of ether oxygens (including phenoxy) is 1. The van der Waals surface area contributed by atoms with Crippen molar-refractivity contribution < 1.29 is 19.1 Å². The Bertz CT molecular complexity index is 1060. The Morgan fingerprint density at radius 2 is 1.86 bits per heavy atom. The normalized spacial score (nSPS) is 15.4. The molecule has 0 radical (unpaired) electrons. The lowest BCUT2D eigenvalue weighted by atomic mass is 10.1. The van der Waals surface area contributed by atoms with Crippen molar-refractivity contribution in [3.63, 3.8) is 0 Å². The molecule has 0 aliphatic carbocycles. The molecule has 0 atom stereocenters. The molecule has 8 heteroatoms. The van der Waals surface area contributed by atoms with Gasteiger partial charge in [-0.05, 0) is 35.9 Å². The van der Waals surface area contributed by atoms with Gasteiger partial charge in [-0.3, -0.25) is 14.9 Å². The number of halogens is 2. The largest absolute Gasteiger partial charge is 0.479 e. The van der Waals surface area contributed by atoms with Crippen molar-refractivity contribution in [3.8, 4) is 18.1 Å². The summed E-state index contributed by atoms with van der Waals surface area (Å²) in [6.45, 7) is 0.0515. The number of nitrogens with zero attached hydrogens (tertiary/aromatic N) is 1. The maximum absolute atomic E-state index is 12.8. The molecule has 0 saturated carbocycles. The first-order valence-electron chi connectivity index (χ1n) is 7.94. The van der Waals surface area contributed by atoms with E-state index in [4.69, 9.17) is 34.4 Å². The van der Waals surface area contributed by atoms with E-state index in [-0.39, 0.29) is 27.9 Å². The molecular formula is C20H12Cl2N2O4. The molecule has 4 amide bonds. The Balaban J connectivity index is 1.97. The fourth-order valence-electron chi connectivity index (χ4n) is 2.52. The summed E-state index contributed by atoms with van der Waals surface area (Å²) in [6.07, 6.45) is 6.47. The van der Waals surface area contributed by atoms with Crippen LogP contribution in [0, 0.1) is 12.3 Å². The number of amides is 4. The monoisotopic (exact) mass is 414 g/mol. The molecule has 1 fully saturated rings. The van der Waals surface area contributed by atoms with Crippen LogP contribution >= 0.6 is 23.2 Å². The van der Waals surface area contributed by atoms with E-state index in [2.05, 4.69) is 11.2 Å². The number of imide groups is 2. The second-order valence-corrected chi connectivity index (χ2v) is 6.41. The second kappa shape index (κ2) is 8.17. The number of barbiturate groups is 1. The molecule has 0 bridgehead atoms. The second-order valence-electron chi connectivity index (χ2n) is 5.59. The predicted octanol–water partition coefficient (Wildman–Crippen LogP) is 3.67. The minimum Gasteiger partial charge on any atom is -0.479 e. The van der Waals surface area contributed by atoms with Gasteiger partial charge in [0.05, 0.1) is 15.7 Å². The van der Waals surface area contributed by atoms with Gasteiger partial charge < -0.3 is 4.74 Å². The van der Waals surface area contributed by atoms with Crippen molar-refractivity contribution in [3.05, 3.63) is 63.6 Å². The highest BCUT2D eigenvalue weighted by Gasteiger charge is 2.37. The van der Waals surface area contributed by atoms with Crippen LogP contribution in [0.4, 0.5) is 10.5 Å². The topological polar surface area (TPSA) is 75.7 Å². The van der Waals surface area contributed by atoms with E-state index in [1.165, 1.54) is 24.3 Å². The van der Waals surface area contributed by atoms with Crippen molar-refractivity contribution in [2.75, 3.05) is 11.5 Å². The molecule has 1 aliphatic heterocycles. The van der Waals surface area contributed by atoms with Crippen LogP contribution in [0.3, 0.4) is 0 Å². The van der Waals surface area contributed by atoms with Crippen LogP contribution in [0.1, 0.15) is 5.56 Å². The molecule has 6 nitrogen and oxygen atoms in total. The van der Waals surface area contributed by atoms with E-state index in [1.54, 1.807) is 24.3 Å². The van der Waals surface area contributed by atoms with E-state index < -0.39 is 17.8 Å². The summed E-state index contributed by atoms with van der Waals surface area (Å²) in [6, 6.07) is 10.1. The van der Waals surface area contributed by atoms with E-state index in [1.807, 2.05) is 0 Å². The third-order valence-corrected chi connectivity index (χ3v) is 4.39. The summed E-state index contributed by atoms with van der Waals surface area (Å²) in [5.74, 6) is 1.08. The summed E-state index contributed by atoms with van der Waals surface area (Å²) < 4.78 is 5.27. The summed E-state index contributed by atoms with van der Waals surface area (Å²) >= 11 is 12.2. The van der Waals surface area contributed by atoms with Crippen LogP contribution in [0.2, 0.25) is 10.0 Å². The summed E-state index contributed by atoms with van der Waals surface area (Å²) in [7, 11) is 0. The van der Waals surface area contributed by atoms with Crippen LogP contribution in [-0.2, 0) is 9.59 Å². The Kier molecular flexibility index (Phi) is 5.69. The van der Waals surface area contributed by atoms with E-state index in [9.17, 15) is 14.4 Å². The molecule has 1 heterocycles. The highest BCUT2D eigenvalue weighted by molar-refractivity contribution is 6.42. The van der Waals surface area contributed by atoms with Crippen LogP contribution in [-0.4, -0.2) is 24.5 Å². The maximum atomic E-state index is 12.8. The number of carbonyl (C=O) groups is 3. The number of carbonyl (C=O) groups excluding carboxylic acids is 3. The third-order valence-electron chi connectivity index (χ3n) is 3.77. The van der Waals surface area contributed by atoms with E-state index in [0.29, 0.717) is 11.3 Å². The molecule has 28 heavy (non-hydrogen) atoms. The number of urea groups is 1. The van der Waals surface area contributed by atoms with E-state index in [0.717, 1.165) is 4.90 Å². The number of benzene rings is 2. The molecule has 1 N–H and O–H groups in total. The average Bonchev–Trinajstić information content (AvgIpc) is 2.66. The number of hydrogen-bond acceptors (Lipinski definition) is 4. The number of anilines is 1. The Labute approximate surface area is 170 Å². The zero-order valence-corrected chi connectivity index (χ0v) is 15.8. The molecule has 0 aromatic heterocycles. The first-order chi connectivity index (χ1) is 13.4. The lowest BCUT2D eigenvalue weighted by Crippen LogP contribution is -2.54. The van der Waals surface area contributed by atoms with Crippen LogP contribution in [0.5, 0.6) is 5.75 Å². The number of rotatable bonds is 4. The molecule has 2 aromatic carbocycles. The van der Waals surface area contributed by atoms with Crippen molar-refractivity contribution in [1.82, 2.24) is 5.32 Å². The third kappa shape index (κ3) is 3.86. The molecule has 0 spiro atoms. The van der Waals surface area contributed by atoms with Gasteiger partial charge in [0.25, 0.3) is 11.8 Å². The van der Waals surface area contributed by atoms with Crippen molar-refractivity contribution in [2.45, 2.75) is 0 Å². The summed E-state index contributed by atoms with van der Waals surface area (Å²) in [4.78, 5) is 38.1. The molecule has 3 rings (SSSR count). The Morgan fingerprint density at radius 3 is 2.54 bits per heavy atom. The van der Waals surface area contributed by atoms with Gasteiger partial charge in [0.2, 0.25) is 0 Å². The molecule has 140 valence electrons. The van der Waals surface area contributed by atoms with Gasteiger partial charge in [-0.25, -0.2) is 9.69 Å². The first-order valence-corrected chi connectivity index (χ1v) is 8.69. The standard InChI is InChI=1S/C20H12Cl2N2O4/c1-2-9-28-17-8-7-12(11-15(17)22)10-13-18(25)23-20(27)24(19(13)26)16-6-4-3-5-14(16)21/h1,3-8,10-11H,9H2,(H,23,25,27)/b13-10+. The minimum absolute atomic E-state index is 0.0515. The van der Waals surface area contributed by atoms with Gasteiger partial charge in [0.1, 0.15) is 17.9 Å². The molecule has 2 aromatic rings. The quantitative estimate of drug-likeness (QED) is 0.470. The highest BCUT2D eigenvalue weighted by Crippen LogP contribution is 2.30. The van der Waals surface area contributed by atoms with Gasteiger partial charge in [0, 0.05) is 0 Å². The van der Waals surface area contributed by atoms with Gasteiger partial charge >= 0.3 is 6.03 Å². The molecule has 1 aliphatic rings. The number of hydrogen-bond donors (Lipinski definition) is 1. The highest BCUT2D eigenvalue weighted by atomic mass is 35.5. The molecule has 1 saturated heterocycles. The summed E-state index contributed by atoms with van der Waals surface area (Å²) in [5, 5.41) is 2.58. The van der Waals surface area contributed by atoms with Crippen molar-refractivity contribution in [1.29, 1.82) is 0 Å². The van der Waals surface area contributed by atoms with Crippen molar-refractivity contribution in [2.24, 2.45) is 0 Å². The lowest BCUT2D eigenvalue weighted by molar-refractivity contribution is -0.122. The average molecular weight is 415 g/mol. The summed E-state index contributed by atoms with van der Waals surface area (Å²) in [5.41, 5.74) is 0.388. The zero-order valence-electron chi connectivity index (χ0n) is 14.2. The smallest absolute Gasteiger partial charge is 0.335 e. The van der Waals surface area contributed by atoms with E-state index >= 15 is 0 Å². The Hall–Kier alpha value is -3.27. The van der Waals surface area contributed by atoms with Crippen LogP contribution in [0.25, 0.3) is 6.08 Å². The first kappa shape index (κ1) is 19.5. The van der Waals surface area contributed by atoms with Crippen LogP contribution < -0.4 is 15.0 Å². The van der Waals surface area contributed by atoms with Gasteiger partial charge in [0.15, 0.2) is 0 Å². The lowest BCUT2D eigenvalue weighted by Gasteiger charge is -2.27. The fraction of sp³-hybridized carbons (Fsp3) is 0.0500. The predicted molar refractivity (Wildman–Crippen MR) is 106 cm³/mol. The number of para-hydroxylation sites is 1. The minimum atomic E-state index is -0.878. The van der Waals surface area contributed by atoms with Gasteiger partial charge in [-0.1, -0.05) is 47.3 Å². The Morgan fingerprint density at radius 1 is 1.11 bits per heavy atom. The van der Waals surface area contributed by atoms with Crippen LogP contribution in [0.15, 0.2) is 48.0 Å². The molecule has 0 unspecified atom stereocenters. The van der Waals surface area contributed by atoms with Gasteiger partial charge in [-0.2, -0.15) is 0 Å². The number of nitrogens with one attached hydrogen (secondary N) is 1. The van der Waals surface area contributed by atoms with Crippen molar-refractivity contribution >= 4 is 52.8 Å². The zero-order chi connectivity index (χ0) is 20.3. The number of terminal acetylenes is 1.